The van der Waals surface area contributed by atoms with Gasteiger partial charge in [0, 0.05) is 43.3 Å². The Kier molecular flexibility index (Phi) is 8.52. The molecule has 2 amide bonds. The largest absolute Gasteiger partial charge is 0.508 e. The number of carbonyl (C=O) groups is 2. The molecule has 2 aromatic carbocycles. The molecule has 4 heterocycles. The SMILES string of the molecule is CC(C)(C)OC(=O)N1CCC(NC(=O)c2ccc(Cn3nnc4c(N5CCOCC5)nc(-c5cccc(O)c5)nc43)cc2)CC1. The van der Waals surface area contributed by atoms with E-state index in [0.29, 0.717) is 92.7 Å². The van der Waals surface area contributed by atoms with Crippen LogP contribution in [0, 0.1) is 0 Å². The first kappa shape index (κ1) is 30.3. The minimum absolute atomic E-state index is 0.0153. The number of fused-ring (bicyclic) bond motifs is 1. The molecule has 0 aliphatic carbocycles. The summed E-state index contributed by atoms with van der Waals surface area (Å²) in [7, 11) is 0. The summed E-state index contributed by atoms with van der Waals surface area (Å²) in [5.41, 5.74) is 2.79. The van der Waals surface area contributed by atoms with Crippen molar-refractivity contribution in [3.05, 3.63) is 59.7 Å². The van der Waals surface area contributed by atoms with E-state index in [0.717, 1.165) is 5.56 Å². The van der Waals surface area contributed by atoms with Gasteiger partial charge in [-0.1, -0.05) is 29.5 Å². The van der Waals surface area contributed by atoms with E-state index in [9.17, 15) is 14.7 Å². The lowest BCUT2D eigenvalue weighted by molar-refractivity contribution is 0.0199. The number of piperidine rings is 1. The number of hydrogen-bond donors (Lipinski definition) is 2. The van der Waals surface area contributed by atoms with Crippen LogP contribution in [0.2, 0.25) is 0 Å². The lowest BCUT2D eigenvalue weighted by Crippen LogP contribution is -2.47. The van der Waals surface area contributed by atoms with Crippen LogP contribution in [0.3, 0.4) is 0 Å². The van der Waals surface area contributed by atoms with Gasteiger partial charge in [-0.2, -0.15) is 0 Å². The van der Waals surface area contributed by atoms with Crippen LogP contribution in [0.5, 0.6) is 5.75 Å². The van der Waals surface area contributed by atoms with Crippen molar-refractivity contribution in [2.24, 2.45) is 0 Å². The zero-order valence-corrected chi connectivity index (χ0v) is 25.8. The van der Waals surface area contributed by atoms with Gasteiger partial charge >= 0.3 is 6.09 Å². The predicted molar refractivity (Wildman–Crippen MR) is 167 cm³/mol. The standard InChI is InChI=1S/C32H38N8O5/c1-32(2,3)45-31(43)39-13-11-24(12-14-39)33-30(42)22-9-7-21(8-10-22)20-40-29-26(36-37-40)28(38-15-17-44-18-16-38)34-27(35-29)23-5-4-6-25(41)19-23/h4-10,19,24,41H,11-18,20H2,1-3H3,(H,33,42). The van der Waals surface area contributed by atoms with Crippen molar-refractivity contribution in [1.29, 1.82) is 0 Å². The maximum atomic E-state index is 13.0. The molecule has 0 atom stereocenters. The average Bonchev–Trinajstić information content (AvgIpc) is 3.43. The van der Waals surface area contributed by atoms with Gasteiger partial charge in [0.1, 0.15) is 11.4 Å². The third-order valence-corrected chi connectivity index (χ3v) is 7.79. The molecular weight excluding hydrogens is 576 g/mol. The molecule has 45 heavy (non-hydrogen) atoms. The zero-order chi connectivity index (χ0) is 31.6. The first-order valence-corrected chi connectivity index (χ1v) is 15.2. The minimum atomic E-state index is -0.537. The monoisotopic (exact) mass is 614 g/mol. The molecule has 0 radical (unpaired) electrons. The van der Waals surface area contributed by atoms with Gasteiger partial charge in [-0.3, -0.25) is 4.79 Å². The highest BCUT2D eigenvalue weighted by Crippen LogP contribution is 2.28. The van der Waals surface area contributed by atoms with E-state index in [1.54, 1.807) is 39.9 Å². The van der Waals surface area contributed by atoms with Crippen LogP contribution in [0.25, 0.3) is 22.6 Å². The molecule has 2 aliphatic heterocycles. The fourth-order valence-corrected chi connectivity index (χ4v) is 5.45. The summed E-state index contributed by atoms with van der Waals surface area (Å²) in [6.07, 6.45) is 1.02. The Hall–Kier alpha value is -4.78. The molecule has 4 aromatic rings. The maximum Gasteiger partial charge on any atom is 0.410 e. The first-order valence-electron chi connectivity index (χ1n) is 15.2. The highest BCUT2D eigenvalue weighted by Gasteiger charge is 2.28. The summed E-state index contributed by atoms with van der Waals surface area (Å²) in [6, 6.07) is 14.2. The minimum Gasteiger partial charge on any atom is -0.508 e. The molecular formula is C32H38N8O5. The van der Waals surface area contributed by atoms with Crippen LogP contribution in [-0.2, 0) is 16.0 Å². The van der Waals surface area contributed by atoms with Crippen molar-refractivity contribution in [2.75, 3.05) is 44.3 Å². The van der Waals surface area contributed by atoms with E-state index < -0.39 is 5.60 Å². The number of anilines is 1. The molecule has 236 valence electrons. The van der Waals surface area contributed by atoms with Gasteiger partial charge < -0.3 is 29.7 Å². The van der Waals surface area contributed by atoms with Crippen LogP contribution in [0.4, 0.5) is 10.6 Å². The van der Waals surface area contributed by atoms with Crippen LogP contribution in [0.1, 0.15) is 49.5 Å². The van der Waals surface area contributed by atoms with E-state index >= 15 is 0 Å². The number of phenols is 1. The average molecular weight is 615 g/mol. The second-order valence-corrected chi connectivity index (χ2v) is 12.4. The highest BCUT2D eigenvalue weighted by atomic mass is 16.6. The van der Waals surface area contributed by atoms with E-state index in [4.69, 9.17) is 19.4 Å². The number of likely N-dealkylation sites (tertiary alicyclic amines) is 1. The number of aromatic nitrogens is 5. The number of aromatic hydroxyl groups is 1. The lowest BCUT2D eigenvalue weighted by Gasteiger charge is -2.33. The fraction of sp³-hybridized carbons (Fsp3) is 0.438. The molecule has 13 nitrogen and oxygen atoms in total. The molecule has 6 rings (SSSR count). The number of benzene rings is 2. The number of phenolic OH excluding ortho intramolecular Hbond substituents is 1. The Bertz CT molecular complexity index is 1670. The Morgan fingerprint density at radius 3 is 2.44 bits per heavy atom. The lowest BCUT2D eigenvalue weighted by atomic mass is 10.0. The summed E-state index contributed by atoms with van der Waals surface area (Å²) in [4.78, 5) is 38.8. The number of morpholine rings is 1. The smallest absolute Gasteiger partial charge is 0.410 e. The van der Waals surface area contributed by atoms with Gasteiger partial charge in [0.15, 0.2) is 22.8 Å². The Morgan fingerprint density at radius 2 is 1.76 bits per heavy atom. The molecule has 2 aromatic heterocycles. The van der Waals surface area contributed by atoms with Gasteiger partial charge in [0.2, 0.25) is 0 Å². The van der Waals surface area contributed by atoms with E-state index in [2.05, 4.69) is 20.5 Å². The molecule has 13 heteroatoms. The topological polar surface area (TPSA) is 148 Å². The number of amides is 2. The van der Waals surface area contributed by atoms with Gasteiger partial charge in [0.25, 0.3) is 5.91 Å². The Labute approximate surface area is 261 Å². The van der Waals surface area contributed by atoms with Gasteiger partial charge in [-0.25, -0.2) is 19.4 Å². The molecule has 2 N–H and O–H groups in total. The van der Waals surface area contributed by atoms with Crippen LogP contribution < -0.4 is 10.2 Å². The second-order valence-electron chi connectivity index (χ2n) is 12.4. The molecule has 0 spiro atoms. The van der Waals surface area contributed by atoms with Crippen molar-refractivity contribution in [1.82, 2.24) is 35.2 Å². The molecule has 2 fully saturated rings. The molecule has 0 unspecified atom stereocenters. The predicted octanol–water partition coefficient (Wildman–Crippen LogP) is 3.61. The molecule has 0 bridgehead atoms. The third-order valence-electron chi connectivity index (χ3n) is 7.79. The number of ether oxygens (including phenoxy) is 2. The van der Waals surface area contributed by atoms with Crippen molar-refractivity contribution in [3.8, 4) is 17.1 Å². The summed E-state index contributed by atoms with van der Waals surface area (Å²) >= 11 is 0. The number of nitrogens with zero attached hydrogens (tertiary/aromatic N) is 7. The second kappa shape index (κ2) is 12.7. The molecule has 0 saturated carbocycles. The third kappa shape index (κ3) is 7.14. The van der Waals surface area contributed by atoms with Crippen molar-refractivity contribution >= 4 is 29.0 Å². The van der Waals surface area contributed by atoms with Crippen LogP contribution in [-0.4, -0.2) is 98.0 Å². The quantitative estimate of drug-likeness (QED) is 0.330. The van der Waals surface area contributed by atoms with E-state index in [1.807, 2.05) is 39.0 Å². The summed E-state index contributed by atoms with van der Waals surface area (Å²) < 4.78 is 12.7. The number of rotatable bonds is 6. The molecule has 2 saturated heterocycles. The number of hydrogen-bond acceptors (Lipinski definition) is 10. The summed E-state index contributed by atoms with van der Waals surface area (Å²) in [6.45, 7) is 9.53. The van der Waals surface area contributed by atoms with E-state index in [-0.39, 0.29) is 23.8 Å². The fourth-order valence-electron chi connectivity index (χ4n) is 5.45. The first-order chi connectivity index (χ1) is 21.6. The van der Waals surface area contributed by atoms with Crippen molar-refractivity contribution < 1.29 is 24.2 Å². The summed E-state index contributed by atoms with van der Waals surface area (Å²) in [5.74, 6) is 1.12. The molecule has 2 aliphatic rings. The van der Waals surface area contributed by atoms with Gasteiger partial charge in [-0.15, -0.1) is 5.10 Å². The van der Waals surface area contributed by atoms with Crippen LogP contribution in [0.15, 0.2) is 48.5 Å². The number of nitrogens with one attached hydrogen (secondary N) is 1. The number of carbonyl (C=O) groups excluding carboxylic acids is 2. The Balaban J connectivity index is 1.15. The van der Waals surface area contributed by atoms with Gasteiger partial charge in [-0.05, 0) is 63.4 Å². The van der Waals surface area contributed by atoms with E-state index in [1.165, 1.54) is 0 Å². The normalized spacial score (nSPS) is 16.2. The van der Waals surface area contributed by atoms with Gasteiger partial charge in [0.05, 0.1) is 19.8 Å². The Morgan fingerprint density at radius 1 is 1.02 bits per heavy atom. The maximum absolute atomic E-state index is 13.0. The van der Waals surface area contributed by atoms with Crippen molar-refractivity contribution in [2.45, 2.75) is 51.8 Å². The van der Waals surface area contributed by atoms with Crippen LogP contribution >= 0.6 is 0 Å². The zero-order valence-electron chi connectivity index (χ0n) is 25.8. The van der Waals surface area contributed by atoms with Crippen molar-refractivity contribution in [3.63, 3.8) is 0 Å². The summed E-state index contributed by atoms with van der Waals surface area (Å²) in [5, 5.41) is 22.0. The highest BCUT2D eigenvalue weighted by molar-refractivity contribution is 5.94.